The number of rotatable bonds is 6. The second kappa shape index (κ2) is 9.73. The van der Waals surface area contributed by atoms with E-state index in [0.29, 0.717) is 37.6 Å². The zero-order valence-corrected chi connectivity index (χ0v) is 18.2. The largest absolute Gasteiger partial charge is 0.504 e. The Morgan fingerprint density at radius 3 is 2.68 bits per heavy atom. The van der Waals surface area contributed by atoms with Gasteiger partial charge in [0.25, 0.3) is 0 Å². The van der Waals surface area contributed by atoms with Crippen molar-refractivity contribution in [3.63, 3.8) is 0 Å². The van der Waals surface area contributed by atoms with Gasteiger partial charge in [0.2, 0.25) is 5.91 Å². The molecule has 31 heavy (non-hydrogen) atoms. The number of methoxy groups -OCH3 is 1. The molecule has 2 amide bonds. The lowest BCUT2D eigenvalue weighted by Crippen LogP contribution is -2.44. The van der Waals surface area contributed by atoms with E-state index in [1.807, 2.05) is 24.3 Å². The van der Waals surface area contributed by atoms with Crippen molar-refractivity contribution in [1.82, 2.24) is 10.2 Å². The maximum absolute atomic E-state index is 12.9. The van der Waals surface area contributed by atoms with Crippen molar-refractivity contribution in [1.29, 1.82) is 0 Å². The van der Waals surface area contributed by atoms with E-state index < -0.39 is 6.09 Å². The van der Waals surface area contributed by atoms with Crippen molar-refractivity contribution in [2.24, 2.45) is 5.92 Å². The number of likely N-dealkylation sites (tertiary alicyclic amines) is 1. The van der Waals surface area contributed by atoms with Gasteiger partial charge in [0.05, 0.1) is 13.2 Å². The molecule has 1 heterocycles. The monoisotopic (exact) mass is 426 g/mol. The minimum atomic E-state index is -0.963. The Kier molecular flexibility index (Phi) is 7.05. The molecule has 1 fully saturated rings. The molecule has 7 heteroatoms. The van der Waals surface area contributed by atoms with Crippen LogP contribution in [0.15, 0.2) is 42.5 Å². The summed E-state index contributed by atoms with van der Waals surface area (Å²) in [5.74, 6) is 0.365. The molecule has 2 atom stereocenters. The second-order valence-electron chi connectivity index (χ2n) is 8.26. The number of ether oxygens (including phenoxy) is 1. The van der Waals surface area contributed by atoms with Crippen LogP contribution in [0.1, 0.15) is 55.3 Å². The fraction of sp³-hybridized carbons (Fsp3) is 0.417. The molecular formula is C24H30N2O5. The van der Waals surface area contributed by atoms with Crippen LogP contribution in [-0.4, -0.2) is 40.8 Å². The highest BCUT2D eigenvalue weighted by molar-refractivity contribution is 5.79. The normalized spacial score (nSPS) is 18.6. The van der Waals surface area contributed by atoms with E-state index in [9.17, 15) is 19.8 Å². The Balaban J connectivity index is 1.72. The number of aromatic hydroxyl groups is 1. The van der Waals surface area contributed by atoms with Gasteiger partial charge < -0.3 is 25.2 Å². The summed E-state index contributed by atoms with van der Waals surface area (Å²) >= 11 is 0. The molecule has 2 aromatic rings. The van der Waals surface area contributed by atoms with Gasteiger partial charge in [-0.15, -0.1) is 0 Å². The number of nitrogens with zero attached hydrogens (tertiary/aromatic N) is 1. The van der Waals surface area contributed by atoms with E-state index in [1.165, 1.54) is 18.1 Å². The highest BCUT2D eigenvalue weighted by Gasteiger charge is 2.35. The molecule has 3 N–H and O–H groups in total. The summed E-state index contributed by atoms with van der Waals surface area (Å²) in [7, 11) is 1.47. The number of carbonyl (C=O) groups is 2. The summed E-state index contributed by atoms with van der Waals surface area (Å²) in [6, 6.07) is 12.6. The highest BCUT2D eigenvalue weighted by atomic mass is 16.5. The van der Waals surface area contributed by atoms with Gasteiger partial charge in [-0.3, -0.25) is 4.79 Å². The number of phenols is 1. The van der Waals surface area contributed by atoms with Gasteiger partial charge in [-0.25, -0.2) is 4.79 Å². The first kappa shape index (κ1) is 22.5. The highest BCUT2D eigenvalue weighted by Crippen LogP contribution is 2.35. The molecule has 2 aromatic carbocycles. The molecular weight excluding hydrogens is 396 g/mol. The number of piperidine rings is 1. The first-order valence-electron chi connectivity index (χ1n) is 10.5. The maximum atomic E-state index is 12.9. The quantitative estimate of drug-likeness (QED) is 0.641. The van der Waals surface area contributed by atoms with Gasteiger partial charge in [0, 0.05) is 19.0 Å². The van der Waals surface area contributed by atoms with Crippen molar-refractivity contribution >= 4 is 12.0 Å². The van der Waals surface area contributed by atoms with Crippen LogP contribution in [0.3, 0.4) is 0 Å². The Morgan fingerprint density at radius 1 is 1.23 bits per heavy atom. The van der Waals surface area contributed by atoms with E-state index in [-0.39, 0.29) is 23.6 Å². The van der Waals surface area contributed by atoms with Crippen LogP contribution in [-0.2, 0) is 11.3 Å². The molecule has 0 saturated carbocycles. The zero-order valence-electron chi connectivity index (χ0n) is 18.2. The summed E-state index contributed by atoms with van der Waals surface area (Å²) in [5.41, 5.74) is 2.89. The summed E-state index contributed by atoms with van der Waals surface area (Å²) in [6.45, 7) is 4.83. The topological polar surface area (TPSA) is 99.1 Å². The minimum Gasteiger partial charge on any atom is -0.504 e. The van der Waals surface area contributed by atoms with Crippen LogP contribution in [0.25, 0.3) is 0 Å². The van der Waals surface area contributed by atoms with Crippen molar-refractivity contribution < 1.29 is 24.5 Å². The number of carboxylic acid groups (broad SMARTS) is 1. The van der Waals surface area contributed by atoms with Gasteiger partial charge in [0.1, 0.15) is 0 Å². The lowest BCUT2D eigenvalue weighted by molar-refractivity contribution is -0.127. The van der Waals surface area contributed by atoms with Crippen LogP contribution in [0.4, 0.5) is 4.79 Å². The average Bonchev–Trinajstić information content (AvgIpc) is 2.77. The Hall–Kier alpha value is -3.22. The van der Waals surface area contributed by atoms with Crippen LogP contribution in [0, 0.1) is 5.92 Å². The van der Waals surface area contributed by atoms with Gasteiger partial charge in [-0.1, -0.05) is 44.2 Å². The molecule has 7 nitrogen and oxygen atoms in total. The fourth-order valence-corrected chi connectivity index (χ4v) is 4.04. The zero-order chi connectivity index (χ0) is 22.5. The van der Waals surface area contributed by atoms with Crippen LogP contribution in [0.2, 0.25) is 0 Å². The van der Waals surface area contributed by atoms with Crippen LogP contribution in [0.5, 0.6) is 11.5 Å². The molecule has 0 radical (unpaired) electrons. The lowest BCUT2D eigenvalue weighted by atomic mass is 9.85. The van der Waals surface area contributed by atoms with E-state index in [0.717, 1.165) is 16.7 Å². The maximum Gasteiger partial charge on any atom is 0.407 e. The van der Waals surface area contributed by atoms with E-state index in [4.69, 9.17) is 4.74 Å². The van der Waals surface area contributed by atoms with E-state index in [2.05, 4.69) is 19.2 Å². The van der Waals surface area contributed by atoms with Crippen LogP contribution < -0.4 is 10.1 Å². The van der Waals surface area contributed by atoms with E-state index >= 15 is 0 Å². The van der Waals surface area contributed by atoms with Crippen molar-refractivity contribution in [3.05, 3.63) is 59.2 Å². The molecule has 1 aliphatic rings. The molecule has 1 aliphatic heterocycles. The first-order valence-corrected chi connectivity index (χ1v) is 10.5. The van der Waals surface area contributed by atoms with Crippen molar-refractivity contribution in [3.8, 4) is 11.5 Å². The smallest absolute Gasteiger partial charge is 0.407 e. The van der Waals surface area contributed by atoms with Crippen molar-refractivity contribution in [2.75, 3.05) is 13.7 Å². The molecule has 0 bridgehead atoms. The summed E-state index contributed by atoms with van der Waals surface area (Å²) in [5, 5.41) is 22.3. The third kappa shape index (κ3) is 5.29. The van der Waals surface area contributed by atoms with E-state index in [1.54, 1.807) is 12.1 Å². The summed E-state index contributed by atoms with van der Waals surface area (Å²) < 4.78 is 5.11. The number of hydrogen-bond acceptors (Lipinski definition) is 4. The number of carbonyl (C=O) groups excluding carboxylic acids is 1. The Labute approximate surface area is 182 Å². The average molecular weight is 427 g/mol. The molecule has 0 spiro atoms. The second-order valence-corrected chi connectivity index (χ2v) is 8.26. The minimum absolute atomic E-state index is 0.0464. The van der Waals surface area contributed by atoms with Gasteiger partial charge >= 0.3 is 6.09 Å². The standard InChI is InChI=1S/C24H30N2O5/c1-15(2)17-5-4-6-18(12-17)20-13-19(9-10-26(20)24(29)30)23(28)25-14-16-7-8-21(27)22(11-16)31-3/h4-8,11-12,15,19-20,27H,9-10,13-14H2,1-3H3,(H,25,28)(H,29,30). The van der Waals surface area contributed by atoms with Gasteiger partial charge in [0.15, 0.2) is 11.5 Å². The predicted molar refractivity (Wildman–Crippen MR) is 117 cm³/mol. The summed E-state index contributed by atoms with van der Waals surface area (Å²) in [4.78, 5) is 26.1. The third-order valence-electron chi connectivity index (χ3n) is 5.89. The van der Waals surface area contributed by atoms with Crippen molar-refractivity contribution in [2.45, 2.75) is 45.2 Å². The molecule has 0 aliphatic carbocycles. The predicted octanol–water partition coefficient (Wildman–Crippen LogP) is 4.27. The number of benzene rings is 2. The molecule has 1 saturated heterocycles. The Bertz CT molecular complexity index is 943. The lowest BCUT2D eigenvalue weighted by Gasteiger charge is -2.37. The number of hydrogen-bond donors (Lipinski definition) is 3. The Morgan fingerprint density at radius 2 is 2.00 bits per heavy atom. The number of amides is 2. The first-order chi connectivity index (χ1) is 14.8. The van der Waals surface area contributed by atoms with Gasteiger partial charge in [-0.2, -0.15) is 0 Å². The molecule has 3 rings (SSSR count). The third-order valence-corrected chi connectivity index (χ3v) is 5.89. The van der Waals surface area contributed by atoms with Crippen LogP contribution >= 0.6 is 0 Å². The molecule has 2 unspecified atom stereocenters. The molecule has 0 aromatic heterocycles. The number of phenolic OH excluding ortho intramolecular Hbond substituents is 1. The summed E-state index contributed by atoms with van der Waals surface area (Å²) in [6.07, 6.45) is -0.0364. The fourth-order valence-electron chi connectivity index (χ4n) is 4.04. The molecule has 166 valence electrons. The van der Waals surface area contributed by atoms with Gasteiger partial charge in [-0.05, 0) is 47.6 Å². The number of nitrogens with one attached hydrogen (secondary N) is 1. The SMILES string of the molecule is COc1cc(CNC(=O)C2CCN(C(=O)O)C(c3cccc(C(C)C)c3)C2)ccc1O.